The summed E-state index contributed by atoms with van der Waals surface area (Å²) < 4.78 is 0. The molecule has 1 fully saturated rings. The molecule has 112 valence electrons. The van der Waals surface area contributed by atoms with Crippen molar-refractivity contribution in [3.05, 3.63) is 23.3 Å². The SMILES string of the molecule is CC(=O)N1CCc2cc3c(cc21)C1(CCN(C)CC1)CS3. The average Bonchev–Trinajstić information content (AvgIpc) is 3.03. The Morgan fingerprint density at radius 2 is 2.00 bits per heavy atom. The second-order valence-corrected chi connectivity index (χ2v) is 7.79. The van der Waals surface area contributed by atoms with Gasteiger partial charge in [0.1, 0.15) is 0 Å². The van der Waals surface area contributed by atoms with E-state index in [1.807, 2.05) is 16.7 Å². The largest absolute Gasteiger partial charge is 0.312 e. The molecule has 0 aliphatic carbocycles. The molecule has 0 N–H and O–H groups in total. The summed E-state index contributed by atoms with van der Waals surface area (Å²) in [4.78, 5) is 17.7. The van der Waals surface area contributed by atoms with Crippen LogP contribution in [0, 0.1) is 0 Å². The zero-order chi connectivity index (χ0) is 14.6. The van der Waals surface area contributed by atoms with Gasteiger partial charge in [-0.05, 0) is 62.7 Å². The van der Waals surface area contributed by atoms with Gasteiger partial charge in [-0.2, -0.15) is 0 Å². The van der Waals surface area contributed by atoms with Gasteiger partial charge in [0.2, 0.25) is 5.91 Å². The minimum atomic E-state index is 0.178. The average molecular weight is 302 g/mol. The van der Waals surface area contributed by atoms with Gasteiger partial charge in [-0.1, -0.05) is 0 Å². The van der Waals surface area contributed by atoms with Crippen LogP contribution in [0.2, 0.25) is 0 Å². The Labute approximate surface area is 130 Å². The highest BCUT2D eigenvalue weighted by Gasteiger charge is 2.42. The first-order valence-corrected chi connectivity index (χ1v) is 8.84. The Morgan fingerprint density at radius 1 is 1.24 bits per heavy atom. The first-order valence-electron chi connectivity index (χ1n) is 7.86. The molecule has 0 bridgehead atoms. The summed E-state index contributed by atoms with van der Waals surface area (Å²) in [5, 5.41) is 0. The maximum Gasteiger partial charge on any atom is 0.223 e. The number of rotatable bonds is 0. The van der Waals surface area contributed by atoms with Gasteiger partial charge in [0.25, 0.3) is 0 Å². The molecule has 21 heavy (non-hydrogen) atoms. The summed E-state index contributed by atoms with van der Waals surface area (Å²) >= 11 is 2.03. The lowest BCUT2D eigenvalue weighted by molar-refractivity contribution is -0.116. The van der Waals surface area contributed by atoms with Gasteiger partial charge in [0.15, 0.2) is 0 Å². The maximum absolute atomic E-state index is 11.8. The molecule has 0 atom stereocenters. The summed E-state index contributed by atoms with van der Waals surface area (Å²) in [6, 6.07) is 4.72. The molecule has 3 aliphatic rings. The fourth-order valence-electron chi connectivity index (χ4n) is 4.03. The van der Waals surface area contributed by atoms with Gasteiger partial charge in [0, 0.05) is 35.2 Å². The van der Waals surface area contributed by atoms with E-state index in [1.165, 1.54) is 53.4 Å². The van der Waals surface area contributed by atoms with Gasteiger partial charge < -0.3 is 9.80 Å². The number of fused-ring (bicyclic) bond motifs is 3. The topological polar surface area (TPSA) is 23.6 Å². The molecular weight excluding hydrogens is 280 g/mol. The second kappa shape index (κ2) is 4.75. The van der Waals surface area contributed by atoms with Gasteiger partial charge in [0.05, 0.1) is 0 Å². The number of thioether (sulfide) groups is 1. The molecule has 1 saturated heterocycles. The number of carbonyl (C=O) groups is 1. The Balaban J connectivity index is 1.76. The van der Waals surface area contributed by atoms with Gasteiger partial charge in [-0.15, -0.1) is 11.8 Å². The van der Waals surface area contributed by atoms with Crippen molar-refractivity contribution in [2.75, 3.05) is 37.3 Å². The van der Waals surface area contributed by atoms with Crippen LogP contribution in [0.25, 0.3) is 0 Å². The van der Waals surface area contributed by atoms with Crippen LogP contribution in [0.5, 0.6) is 0 Å². The zero-order valence-corrected chi connectivity index (χ0v) is 13.6. The number of amides is 1. The lowest BCUT2D eigenvalue weighted by Gasteiger charge is -2.38. The fourth-order valence-corrected chi connectivity index (χ4v) is 5.56. The smallest absolute Gasteiger partial charge is 0.223 e. The van der Waals surface area contributed by atoms with Gasteiger partial charge in [-0.25, -0.2) is 0 Å². The van der Waals surface area contributed by atoms with Crippen molar-refractivity contribution in [1.29, 1.82) is 0 Å². The summed E-state index contributed by atoms with van der Waals surface area (Å²) in [6.07, 6.45) is 3.52. The molecule has 3 aliphatic heterocycles. The maximum atomic E-state index is 11.8. The molecule has 1 aromatic carbocycles. The third kappa shape index (κ3) is 2.03. The number of benzene rings is 1. The molecule has 0 radical (unpaired) electrons. The normalized spacial score (nSPS) is 23.4. The van der Waals surface area contributed by atoms with Crippen LogP contribution >= 0.6 is 11.8 Å². The van der Waals surface area contributed by atoms with Crippen LogP contribution in [0.4, 0.5) is 5.69 Å². The van der Waals surface area contributed by atoms with Crippen molar-refractivity contribution >= 4 is 23.4 Å². The van der Waals surface area contributed by atoms with Crippen molar-refractivity contribution in [1.82, 2.24) is 4.90 Å². The van der Waals surface area contributed by atoms with E-state index in [-0.39, 0.29) is 5.91 Å². The van der Waals surface area contributed by atoms with Gasteiger partial charge in [-0.3, -0.25) is 4.79 Å². The van der Waals surface area contributed by atoms with E-state index in [2.05, 4.69) is 24.1 Å². The first-order chi connectivity index (χ1) is 10.1. The van der Waals surface area contributed by atoms with Crippen LogP contribution in [0.1, 0.15) is 30.9 Å². The standard InChI is InChI=1S/C17H22N2OS/c1-12(20)19-6-3-13-9-16-14(10-15(13)19)17(11-21-16)4-7-18(2)8-5-17/h9-10H,3-8,11H2,1-2H3. The molecule has 1 spiro atoms. The molecule has 4 heteroatoms. The van der Waals surface area contributed by atoms with Crippen LogP contribution in [-0.4, -0.2) is 43.2 Å². The summed E-state index contributed by atoms with van der Waals surface area (Å²) in [7, 11) is 2.22. The molecular formula is C17H22N2OS. The Hall–Kier alpha value is -1.00. The molecule has 4 rings (SSSR count). The highest BCUT2D eigenvalue weighted by atomic mass is 32.2. The molecule has 0 aromatic heterocycles. The minimum Gasteiger partial charge on any atom is -0.312 e. The first kappa shape index (κ1) is 13.6. The van der Waals surface area contributed by atoms with E-state index in [1.54, 1.807) is 6.92 Å². The zero-order valence-electron chi connectivity index (χ0n) is 12.8. The van der Waals surface area contributed by atoms with E-state index >= 15 is 0 Å². The number of piperidine rings is 1. The quantitative estimate of drug-likeness (QED) is 0.736. The van der Waals surface area contributed by atoms with E-state index < -0.39 is 0 Å². The summed E-state index contributed by atoms with van der Waals surface area (Å²) in [6.45, 7) is 4.91. The van der Waals surface area contributed by atoms with Crippen molar-refractivity contribution in [3.63, 3.8) is 0 Å². The summed E-state index contributed by atoms with van der Waals surface area (Å²) in [5.41, 5.74) is 4.42. The van der Waals surface area contributed by atoms with Crippen molar-refractivity contribution in [3.8, 4) is 0 Å². The van der Waals surface area contributed by atoms with Gasteiger partial charge >= 0.3 is 0 Å². The number of hydrogen-bond acceptors (Lipinski definition) is 3. The lowest BCUT2D eigenvalue weighted by Crippen LogP contribution is -2.41. The van der Waals surface area contributed by atoms with Crippen LogP contribution < -0.4 is 4.90 Å². The third-order valence-corrected chi connectivity index (χ3v) is 6.82. The predicted octanol–water partition coefficient (Wildman–Crippen LogP) is 2.66. The Bertz CT molecular complexity index is 605. The van der Waals surface area contributed by atoms with Crippen molar-refractivity contribution < 1.29 is 4.79 Å². The van der Waals surface area contributed by atoms with Crippen molar-refractivity contribution in [2.24, 2.45) is 0 Å². The van der Waals surface area contributed by atoms with E-state index in [4.69, 9.17) is 0 Å². The molecule has 1 amide bonds. The highest BCUT2D eigenvalue weighted by molar-refractivity contribution is 7.99. The second-order valence-electron chi connectivity index (χ2n) is 6.77. The predicted molar refractivity (Wildman–Crippen MR) is 87.3 cm³/mol. The van der Waals surface area contributed by atoms with Crippen LogP contribution in [0.15, 0.2) is 17.0 Å². The highest BCUT2D eigenvalue weighted by Crippen LogP contribution is 2.51. The number of likely N-dealkylation sites (tertiary alicyclic amines) is 1. The lowest BCUT2D eigenvalue weighted by atomic mass is 9.74. The molecule has 3 heterocycles. The van der Waals surface area contributed by atoms with E-state index in [0.29, 0.717) is 5.41 Å². The molecule has 0 unspecified atom stereocenters. The monoisotopic (exact) mass is 302 g/mol. The Morgan fingerprint density at radius 3 is 2.71 bits per heavy atom. The molecule has 0 saturated carbocycles. The minimum absolute atomic E-state index is 0.178. The number of anilines is 1. The third-order valence-electron chi connectivity index (χ3n) is 5.48. The van der Waals surface area contributed by atoms with Crippen LogP contribution in [0.3, 0.4) is 0 Å². The molecule has 1 aromatic rings. The van der Waals surface area contributed by atoms with Crippen LogP contribution in [-0.2, 0) is 16.6 Å². The Kier molecular flexibility index (Phi) is 3.09. The number of carbonyl (C=O) groups excluding carboxylic acids is 1. The number of hydrogen-bond donors (Lipinski definition) is 0. The molecule has 3 nitrogen and oxygen atoms in total. The fraction of sp³-hybridized carbons (Fsp3) is 0.588. The van der Waals surface area contributed by atoms with Crippen molar-refractivity contribution in [2.45, 2.75) is 36.5 Å². The van der Waals surface area contributed by atoms with E-state index in [0.717, 1.165) is 13.0 Å². The summed E-state index contributed by atoms with van der Waals surface area (Å²) in [5.74, 6) is 1.40. The number of nitrogens with zero attached hydrogens (tertiary/aromatic N) is 2. The van der Waals surface area contributed by atoms with E-state index in [9.17, 15) is 4.79 Å².